The lowest BCUT2D eigenvalue weighted by Crippen LogP contribution is -2.01. The summed E-state index contributed by atoms with van der Waals surface area (Å²) in [6, 6.07) is 10.9. The number of hydrogen-bond donors (Lipinski definition) is 1. The predicted octanol–water partition coefficient (Wildman–Crippen LogP) is 2.38. The number of carbonyl (C=O) groups excluding carboxylic acids is 1. The molecule has 1 N–H and O–H groups in total. The summed E-state index contributed by atoms with van der Waals surface area (Å²) in [5, 5.41) is 9.75. The molecule has 1 aliphatic rings. The fourth-order valence-electron chi connectivity index (χ4n) is 2.06. The van der Waals surface area contributed by atoms with E-state index in [4.69, 9.17) is 9.47 Å². The Balaban J connectivity index is 1.87. The van der Waals surface area contributed by atoms with Crippen LogP contribution < -0.4 is 14.9 Å². The first-order chi connectivity index (χ1) is 10.6. The van der Waals surface area contributed by atoms with Gasteiger partial charge in [0.25, 0.3) is 0 Å². The first kappa shape index (κ1) is 13.9. The van der Waals surface area contributed by atoms with E-state index >= 15 is 0 Å². The Morgan fingerprint density at radius 1 is 1.09 bits per heavy atom. The minimum absolute atomic E-state index is 0.0352. The van der Waals surface area contributed by atoms with E-state index in [0.29, 0.717) is 11.5 Å². The highest BCUT2D eigenvalue weighted by atomic mass is 16.7. The second kappa shape index (κ2) is 5.73. The molecule has 0 spiro atoms. The van der Waals surface area contributed by atoms with Crippen LogP contribution in [0.1, 0.15) is 15.9 Å². The number of fused-ring (bicyclic) bond motifs is 1. The highest BCUT2D eigenvalue weighted by Gasteiger charge is 2.13. The van der Waals surface area contributed by atoms with Crippen LogP contribution in [0, 0.1) is 0 Å². The Hall–Kier alpha value is -3.08. The largest absolute Gasteiger partial charge is 0.504 e. The summed E-state index contributed by atoms with van der Waals surface area (Å²) in [5.74, 6) is 0.270. The summed E-state index contributed by atoms with van der Waals surface area (Å²) in [4.78, 5) is 23.6. The van der Waals surface area contributed by atoms with E-state index in [1.807, 2.05) is 0 Å². The maximum absolute atomic E-state index is 12.1. The molecule has 0 atom stereocenters. The van der Waals surface area contributed by atoms with Crippen molar-refractivity contribution in [3.05, 3.63) is 69.9 Å². The molecule has 5 heteroatoms. The van der Waals surface area contributed by atoms with Gasteiger partial charge in [0.05, 0.1) is 5.56 Å². The minimum Gasteiger partial charge on any atom is -0.504 e. The lowest BCUT2D eigenvalue weighted by molar-refractivity contribution is 0.104. The number of benzene rings is 1. The highest BCUT2D eigenvalue weighted by Crippen LogP contribution is 2.32. The predicted molar refractivity (Wildman–Crippen MR) is 80.3 cm³/mol. The lowest BCUT2D eigenvalue weighted by Gasteiger charge is -1.98. The summed E-state index contributed by atoms with van der Waals surface area (Å²) >= 11 is 0. The van der Waals surface area contributed by atoms with Gasteiger partial charge in [-0.25, -0.2) is 0 Å². The number of aromatic hydroxyl groups is 1. The van der Waals surface area contributed by atoms with E-state index in [1.165, 1.54) is 30.3 Å². The topological polar surface area (TPSA) is 72.8 Å². The molecule has 0 saturated carbocycles. The van der Waals surface area contributed by atoms with Gasteiger partial charge in [-0.2, -0.15) is 0 Å². The Bertz CT molecular complexity index is 823. The van der Waals surface area contributed by atoms with Crippen LogP contribution >= 0.6 is 0 Å². The van der Waals surface area contributed by atoms with Crippen molar-refractivity contribution in [3.63, 3.8) is 0 Å². The average molecular weight is 296 g/mol. The zero-order valence-corrected chi connectivity index (χ0v) is 11.5. The van der Waals surface area contributed by atoms with Crippen LogP contribution in [0.5, 0.6) is 17.2 Å². The third-order valence-electron chi connectivity index (χ3n) is 3.20. The molecule has 5 nitrogen and oxygen atoms in total. The normalized spacial score (nSPS) is 12.5. The van der Waals surface area contributed by atoms with Crippen molar-refractivity contribution >= 4 is 11.9 Å². The number of rotatable bonds is 3. The molecule has 3 rings (SSSR count). The maximum Gasteiger partial charge on any atom is 0.231 e. The van der Waals surface area contributed by atoms with E-state index in [1.54, 1.807) is 24.3 Å². The van der Waals surface area contributed by atoms with Gasteiger partial charge in [-0.15, -0.1) is 0 Å². The van der Waals surface area contributed by atoms with Crippen LogP contribution in [0.2, 0.25) is 0 Å². The fraction of sp³-hybridized carbons (Fsp3) is 0.0588. The van der Waals surface area contributed by atoms with Gasteiger partial charge in [0.1, 0.15) is 0 Å². The smallest absolute Gasteiger partial charge is 0.231 e. The molecule has 0 radical (unpaired) electrons. The minimum atomic E-state index is -0.593. The van der Waals surface area contributed by atoms with Crippen molar-refractivity contribution in [2.24, 2.45) is 0 Å². The van der Waals surface area contributed by atoms with Crippen LogP contribution in [0.25, 0.3) is 6.08 Å². The van der Waals surface area contributed by atoms with Gasteiger partial charge in [0.15, 0.2) is 23.0 Å². The highest BCUT2D eigenvalue weighted by molar-refractivity contribution is 6.08. The quantitative estimate of drug-likeness (QED) is 0.695. The van der Waals surface area contributed by atoms with Gasteiger partial charge in [-0.1, -0.05) is 24.3 Å². The molecule has 0 amide bonds. The monoisotopic (exact) mass is 296 g/mol. The van der Waals surface area contributed by atoms with Gasteiger partial charge in [0.2, 0.25) is 12.2 Å². The summed E-state index contributed by atoms with van der Waals surface area (Å²) < 4.78 is 10.5. The first-order valence-corrected chi connectivity index (χ1v) is 6.59. The second-order valence-corrected chi connectivity index (χ2v) is 4.66. The third kappa shape index (κ3) is 2.69. The zero-order chi connectivity index (χ0) is 15.5. The van der Waals surface area contributed by atoms with Gasteiger partial charge < -0.3 is 14.6 Å². The van der Waals surface area contributed by atoms with Crippen molar-refractivity contribution in [1.82, 2.24) is 0 Å². The molecule has 22 heavy (non-hydrogen) atoms. The van der Waals surface area contributed by atoms with Crippen molar-refractivity contribution in [2.45, 2.75) is 0 Å². The zero-order valence-electron chi connectivity index (χ0n) is 11.5. The Morgan fingerprint density at radius 2 is 1.86 bits per heavy atom. The molecular formula is C17H12O5. The molecule has 2 aromatic carbocycles. The molecule has 1 heterocycles. The second-order valence-electron chi connectivity index (χ2n) is 4.66. The fourth-order valence-corrected chi connectivity index (χ4v) is 2.06. The van der Waals surface area contributed by atoms with E-state index in [-0.39, 0.29) is 12.4 Å². The number of ether oxygens (including phenoxy) is 2. The van der Waals surface area contributed by atoms with Crippen LogP contribution in [-0.2, 0) is 0 Å². The van der Waals surface area contributed by atoms with E-state index in [9.17, 15) is 14.7 Å². The molecule has 0 saturated heterocycles. The Labute approximate surface area is 126 Å². The Morgan fingerprint density at radius 3 is 2.73 bits per heavy atom. The van der Waals surface area contributed by atoms with Crippen molar-refractivity contribution in [2.75, 3.05) is 6.79 Å². The van der Waals surface area contributed by atoms with Crippen molar-refractivity contribution in [3.8, 4) is 17.2 Å². The molecule has 0 bridgehead atoms. The number of carbonyl (C=O) groups is 1. The molecular weight excluding hydrogens is 284 g/mol. The van der Waals surface area contributed by atoms with Crippen molar-refractivity contribution in [1.29, 1.82) is 0 Å². The maximum atomic E-state index is 12.1. The van der Waals surface area contributed by atoms with Crippen molar-refractivity contribution < 1.29 is 19.4 Å². The summed E-state index contributed by atoms with van der Waals surface area (Å²) in [7, 11) is 0. The van der Waals surface area contributed by atoms with Gasteiger partial charge in [-0.3, -0.25) is 9.59 Å². The standard InChI is InChI=1S/C17H12O5/c18-13(12-3-1-2-4-14(19)17(12)20)7-5-11-6-8-15-16(9-11)22-10-21-15/h1-9H,10H2,(H,19,20). The number of allylic oxidation sites excluding steroid dienone is 1. The van der Waals surface area contributed by atoms with Crippen LogP contribution in [0.4, 0.5) is 0 Å². The number of hydrogen-bond acceptors (Lipinski definition) is 5. The van der Waals surface area contributed by atoms with E-state index in [0.717, 1.165) is 5.56 Å². The summed E-state index contributed by atoms with van der Waals surface area (Å²) in [6.45, 7) is 0.183. The molecule has 2 aromatic rings. The molecule has 0 unspecified atom stereocenters. The van der Waals surface area contributed by atoms with E-state index < -0.39 is 17.0 Å². The first-order valence-electron chi connectivity index (χ1n) is 6.59. The lowest BCUT2D eigenvalue weighted by atomic mass is 10.1. The SMILES string of the molecule is O=C(C=Cc1ccc2c(c1)OCO2)c1ccccc(=O)c1O. The molecule has 0 aliphatic carbocycles. The van der Waals surface area contributed by atoms with Gasteiger partial charge >= 0.3 is 0 Å². The average Bonchev–Trinajstić information content (AvgIpc) is 2.92. The molecule has 1 aliphatic heterocycles. The molecule has 110 valence electrons. The van der Waals surface area contributed by atoms with Crippen LogP contribution in [0.15, 0.2) is 53.3 Å². The third-order valence-corrected chi connectivity index (χ3v) is 3.20. The Kier molecular flexibility index (Phi) is 3.62. The van der Waals surface area contributed by atoms with Crippen LogP contribution in [0.3, 0.4) is 0 Å². The van der Waals surface area contributed by atoms with Crippen LogP contribution in [-0.4, -0.2) is 17.7 Å². The summed E-state index contributed by atoms with van der Waals surface area (Å²) in [6.07, 6.45) is 2.88. The molecule has 0 aromatic heterocycles. The van der Waals surface area contributed by atoms with Gasteiger partial charge in [0, 0.05) is 0 Å². The summed E-state index contributed by atoms with van der Waals surface area (Å²) in [5.41, 5.74) is 0.122. The van der Waals surface area contributed by atoms with Gasteiger partial charge in [-0.05, 0) is 35.9 Å². The van der Waals surface area contributed by atoms with E-state index in [2.05, 4.69) is 0 Å². The molecule has 0 fully saturated rings. The number of ketones is 1.